The molecule has 0 unspecified atom stereocenters. The third-order valence-corrected chi connectivity index (χ3v) is 5.10. The fourth-order valence-corrected chi connectivity index (χ4v) is 3.74. The van der Waals surface area contributed by atoms with Crippen LogP contribution in [0.25, 0.3) is 11.0 Å². The van der Waals surface area contributed by atoms with Gasteiger partial charge in [0.2, 0.25) is 5.91 Å². The molecule has 0 bridgehead atoms. The van der Waals surface area contributed by atoms with Crippen molar-refractivity contribution in [3.8, 4) is 0 Å². The molecule has 1 amide bonds. The molecule has 4 rings (SSSR count). The van der Waals surface area contributed by atoms with Gasteiger partial charge in [0.15, 0.2) is 0 Å². The SMILES string of the molecule is O=C(CN1CCC(n2nnc3ccccc32)CC1)N1CCCC1. The van der Waals surface area contributed by atoms with Crippen molar-refractivity contribution in [3.05, 3.63) is 24.3 Å². The van der Waals surface area contributed by atoms with Gasteiger partial charge < -0.3 is 4.90 Å². The number of carbonyl (C=O) groups excluding carboxylic acids is 1. The summed E-state index contributed by atoms with van der Waals surface area (Å²) in [4.78, 5) is 16.6. The lowest BCUT2D eigenvalue weighted by Crippen LogP contribution is -2.42. The number of nitrogens with zero attached hydrogens (tertiary/aromatic N) is 5. The quantitative estimate of drug-likeness (QED) is 0.865. The van der Waals surface area contributed by atoms with Gasteiger partial charge in [-0.1, -0.05) is 17.3 Å². The molecule has 2 aliphatic rings. The summed E-state index contributed by atoms with van der Waals surface area (Å²) in [6.45, 7) is 4.38. The van der Waals surface area contributed by atoms with Gasteiger partial charge in [0.25, 0.3) is 0 Å². The standard InChI is InChI=1S/C17H23N5O/c23-17(21-9-3-4-10-21)13-20-11-7-14(8-12-20)22-16-6-2-1-5-15(16)18-19-22/h1-2,5-6,14H,3-4,7-13H2. The first-order chi connectivity index (χ1) is 11.3. The van der Waals surface area contributed by atoms with E-state index in [-0.39, 0.29) is 0 Å². The summed E-state index contributed by atoms with van der Waals surface area (Å²) in [7, 11) is 0. The van der Waals surface area contributed by atoms with E-state index in [1.165, 1.54) is 0 Å². The second kappa shape index (κ2) is 6.28. The van der Waals surface area contributed by atoms with E-state index in [4.69, 9.17) is 0 Å². The minimum Gasteiger partial charge on any atom is -0.342 e. The van der Waals surface area contributed by atoms with Gasteiger partial charge in [-0.2, -0.15) is 0 Å². The molecule has 6 heteroatoms. The predicted molar refractivity (Wildman–Crippen MR) is 88.1 cm³/mol. The zero-order valence-electron chi connectivity index (χ0n) is 13.4. The van der Waals surface area contributed by atoms with Gasteiger partial charge in [-0.3, -0.25) is 9.69 Å². The van der Waals surface area contributed by atoms with Crippen LogP contribution in [0.4, 0.5) is 0 Å². The van der Waals surface area contributed by atoms with Crippen LogP contribution in [0.1, 0.15) is 31.7 Å². The average molecular weight is 313 g/mol. The van der Waals surface area contributed by atoms with Gasteiger partial charge in [-0.05, 0) is 37.8 Å². The smallest absolute Gasteiger partial charge is 0.236 e. The molecule has 0 saturated carbocycles. The molecule has 3 heterocycles. The zero-order chi connectivity index (χ0) is 15.6. The number of hydrogen-bond donors (Lipinski definition) is 0. The summed E-state index contributed by atoms with van der Waals surface area (Å²) in [5, 5.41) is 8.59. The number of amides is 1. The van der Waals surface area contributed by atoms with Crippen LogP contribution in [0, 0.1) is 0 Å². The number of para-hydroxylation sites is 1. The molecule has 2 aromatic rings. The third kappa shape index (κ3) is 2.95. The van der Waals surface area contributed by atoms with E-state index in [0.29, 0.717) is 18.5 Å². The molecule has 0 radical (unpaired) electrons. The molecule has 0 spiro atoms. The fourth-order valence-electron chi connectivity index (χ4n) is 3.74. The lowest BCUT2D eigenvalue weighted by Gasteiger charge is -2.32. The lowest BCUT2D eigenvalue weighted by molar-refractivity contribution is -0.131. The topological polar surface area (TPSA) is 54.3 Å². The Balaban J connectivity index is 1.36. The van der Waals surface area contributed by atoms with Gasteiger partial charge in [0.1, 0.15) is 5.52 Å². The maximum atomic E-state index is 12.3. The Bertz CT molecular complexity index is 683. The van der Waals surface area contributed by atoms with E-state index < -0.39 is 0 Å². The number of likely N-dealkylation sites (tertiary alicyclic amines) is 2. The molecule has 2 saturated heterocycles. The van der Waals surface area contributed by atoms with Crippen molar-refractivity contribution in [2.75, 3.05) is 32.7 Å². The number of piperidine rings is 1. The number of carbonyl (C=O) groups is 1. The van der Waals surface area contributed by atoms with E-state index in [1.807, 2.05) is 23.1 Å². The predicted octanol–water partition coefficient (Wildman–Crippen LogP) is 1.69. The van der Waals surface area contributed by atoms with Crippen molar-refractivity contribution in [2.24, 2.45) is 0 Å². The molecule has 0 aliphatic carbocycles. The van der Waals surface area contributed by atoms with Gasteiger partial charge in [0, 0.05) is 26.2 Å². The Labute approximate surface area is 136 Å². The lowest BCUT2D eigenvalue weighted by atomic mass is 10.0. The van der Waals surface area contributed by atoms with Crippen molar-refractivity contribution in [1.29, 1.82) is 0 Å². The maximum Gasteiger partial charge on any atom is 0.236 e. The number of rotatable bonds is 3. The van der Waals surface area contributed by atoms with E-state index in [0.717, 1.165) is 62.9 Å². The molecule has 1 aromatic heterocycles. The van der Waals surface area contributed by atoms with Crippen LogP contribution in [0.15, 0.2) is 24.3 Å². The highest BCUT2D eigenvalue weighted by Gasteiger charge is 2.26. The Morgan fingerprint density at radius 2 is 1.83 bits per heavy atom. The molecule has 6 nitrogen and oxygen atoms in total. The summed E-state index contributed by atoms with van der Waals surface area (Å²) in [6, 6.07) is 8.50. The summed E-state index contributed by atoms with van der Waals surface area (Å²) >= 11 is 0. The maximum absolute atomic E-state index is 12.3. The van der Waals surface area contributed by atoms with Gasteiger partial charge >= 0.3 is 0 Å². The Kier molecular flexibility index (Phi) is 3.99. The summed E-state index contributed by atoms with van der Waals surface area (Å²) in [6.07, 6.45) is 4.38. The highest BCUT2D eigenvalue weighted by Crippen LogP contribution is 2.25. The van der Waals surface area contributed by atoms with Crippen molar-refractivity contribution < 1.29 is 4.79 Å². The average Bonchev–Trinajstić information content (AvgIpc) is 3.25. The minimum atomic E-state index is 0.298. The number of fused-ring (bicyclic) bond motifs is 1. The molecular formula is C17H23N5O. The van der Waals surface area contributed by atoms with Crippen LogP contribution in [0.5, 0.6) is 0 Å². The molecule has 0 N–H and O–H groups in total. The number of hydrogen-bond acceptors (Lipinski definition) is 4. The monoisotopic (exact) mass is 313 g/mol. The Morgan fingerprint density at radius 1 is 1.09 bits per heavy atom. The summed E-state index contributed by atoms with van der Waals surface area (Å²) in [5.41, 5.74) is 2.07. The molecule has 23 heavy (non-hydrogen) atoms. The number of aromatic nitrogens is 3. The first-order valence-corrected chi connectivity index (χ1v) is 8.61. The van der Waals surface area contributed by atoms with Crippen LogP contribution < -0.4 is 0 Å². The highest BCUT2D eigenvalue weighted by atomic mass is 16.2. The molecule has 0 atom stereocenters. The van der Waals surface area contributed by atoms with Crippen molar-refractivity contribution >= 4 is 16.9 Å². The van der Waals surface area contributed by atoms with Gasteiger partial charge in [-0.15, -0.1) is 5.10 Å². The molecule has 1 aromatic carbocycles. The Morgan fingerprint density at radius 3 is 2.61 bits per heavy atom. The van der Waals surface area contributed by atoms with E-state index in [2.05, 4.69) is 26.0 Å². The largest absolute Gasteiger partial charge is 0.342 e. The molecule has 2 fully saturated rings. The fraction of sp³-hybridized carbons (Fsp3) is 0.588. The first-order valence-electron chi connectivity index (χ1n) is 8.61. The van der Waals surface area contributed by atoms with Crippen LogP contribution in [0.2, 0.25) is 0 Å². The minimum absolute atomic E-state index is 0.298. The summed E-state index contributed by atoms with van der Waals surface area (Å²) < 4.78 is 2.06. The van der Waals surface area contributed by atoms with Crippen molar-refractivity contribution in [1.82, 2.24) is 24.8 Å². The normalized spacial score (nSPS) is 20.4. The van der Waals surface area contributed by atoms with Crippen molar-refractivity contribution in [2.45, 2.75) is 31.7 Å². The first kappa shape index (κ1) is 14.6. The van der Waals surface area contributed by atoms with Crippen LogP contribution in [-0.4, -0.2) is 63.4 Å². The molecular weight excluding hydrogens is 290 g/mol. The number of benzene rings is 1. The van der Waals surface area contributed by atoms with E-state index in [1.54, 1.807) is 0 Å². The second-order valence-electron chi connectivity index (χ2n) is 6.62. The molecule has 122 valence electrons. The third-order valence-electron chi connectivity index (χ3n) is 5.10. The second-order valence-corrected chi connectivity index (χ2v) is 6.62. The van der Waals surface area contributed by atoms with Gasteiger partial charge in [-0.25, -0.2) is 4.68 Å². The molecule has 2 aliphatic heterocycles. The van der Waals surface area contributed by atoms with Crippen molar-refractivity contribution in [3.63, 3.8) is 0 Å². The highest BCUT2D eigenvalue weighted by molar-refractivity contribution is 5.78. The Hall–Kier alpha value is -1.95. The van der Waals surface area contributed by atoms with E-state index >= 15 is 0 Å². The zero-order valence-corrected chi connectivity index (χ0v) is 13.4. The van der Waals surface area contributed by atoms with Gasteiger partial charge in [0.05, 0.1) is 18.1 Å². The summed E-state index contributed by atoms with van der Waals surface area (Å²) in [5.74, 6) is 0.298. The van der Waals surface area contributed by atoms with E-state index in [9.17, 15) is 4.79 Å². The van der Waals surface area contributed by atoms with Crippen LogP contribution in [-0.2, 0) is 4.79 Å². The van der Waals surface area contributed by atoms with Crippen LogP contribution >= 0.6 is 0 Å². The van der Waals surface area contributed by atoms with Crippen LogP contribution in [0.3, 0.4) is 0 Å².